The molecule has 0 atom stereocenters. The lowest BCUT2D eigenvalue weighted by atomic mass is 10.1. The molecule has 0 radical (unpaired) electrons. The minimum atomic E-state index is -0.819. The Morgan fingerprint density at radius 1 is 1.00 bits per heavy atom. The van der Waals surface area contributed by atoms with Crippen molar-refractivity contribution < 1.29 is 33.4 Å². The zero-order chi connectivity index (χ0) is 25.1. The van der Waals surface area contributed by atoms with Crippen LogP contribution in [0.5, 0.6) is 0 Å². The van der Waals surface area contributed by atoms with Crippen LogP contribution in [-0.4, -0.2) is 56.3 Å². The number of carbonyl (C=O) groups excluding carboxylic acids is 4. The number of methoxy groups -OCH3 is 2. The van der Waals surface area contributed by atoms with Crippen molar-refractivity contribution >= 4 is 35.2 Å². The predicted molar refractivity (Wildman–Crippen MR) is 124 cm³/mol. The summed E-state index contributed by atoms with van der Waals surface area (Å²) in [5.41, 5.74) is 1.12. The average Bonchev–Trinajstić information content (AvgIpc) is 3.33. The number of alkyl carbamates (subject to hydrolysis) is 1. The van der Waals surface area contributed by atoms with Crippen LogP contribution in [0.25, 0.3) is 10.6 Å². The third kappa shape index (κ3) is 7.83. The van der Waals surface area contributed by atoms with Crippen molar-refractivity contribution in [1.82, 2.24) is 20.9 Å². The van der Waals surface area contributed by atoms with Crippen LogP contribution in [0.2, 0.25) is 0 Å². The van der Waals surface area contributed by atoms with Crippen molar-refractivity contribution in [3.8, 4) is 10.6 Å². The largest absolute Gasteiger partial charge is 0.464 e. The number of hydrogen-bond acceptors (Lipinski definition) is 9. The highest BCUT2D eigenvalue weighted by atomic mass is 32.1. The van der Waals surface area contributed by atoms with E-state index in [1.54, 1.807) is 12.1 Å². The van der Waals surface area contributed by atoms with Gasteiger partial charge in [0.15, 0.2) is 0 Å². The maximum atomic E-state index is 12.4. The van der Waals surface area contributed by atoms with E-state index in [9.17, 15) is 19.2 Å². The van der Waals surface area contributed by atoms with E-state index in [1.807, 2.05) is 12.1 Å². The van der Waals surface area contributed by atoms with Gasteiger partial charge in [-0.2, -0.15) is 0 Å². The van der Waals surface area contributed by atoms with E-state index in [-0.39, 0.29) is 30.2 Å². The molecule has 2 aromatic rings. The standard InChI is InChI=1S/C22H24N4O7S/c1-13(18(27)25-14(2)21(29)32-4)24-19(28)17-12-34-20(26-17)16-7-5-15(6-8-16)11-23-22(30)33-10-9-31-3/h5-8,12H,1-2,9-11H2,3-4H3,(H,23,30)(H,24,28)(H,25,27). The number of esters is 1. The Hall–Kier alpha value is -4.03. The third-order valence-corrected chi connectivity index (χ3v) is 5.02. The van der Waals surface area contributed by atoms with E-state index in [1.165, 1.54) is 23.8 Å². The molecule has 1 aromatic carbocycles. The Labute approximate surface area is 199 Å². The first kappa shape index (κ1) is 26.2. The van der Waals surface area contributed by atoms with Crippen molar-refractivity contribution in [2.24, 2.45) is 0 Å². The Morgan fingerprint density at radius 3 is 2.35 bits per heavy atom. The van der Waals surface area contributed by atoms with Crippen molar-refractivity contribution in [3.05, 3.63) is 65.5 Å². The maximum absolute atomic E-state index is 12.4. The molecule has 2 rings (SSSR count). The van der Waals surface area contributed by atoms with Crippen molar-refractivity contribution in [1.29, 1.82) is 0 Å². The predicted octanol–water partition coefficient (Wildman–Crippen LogP) is 1.73. The van der Waals surface area contributed by atoms with Gasteiger partial charge >= 0.3 is 12.1 Å². The van der Waals surface area contributed by atoms with Crippen LogP contribution in [-0.2, 0) is 30.3 Å². The van der Waals surface area contributed by atoms with Gasteiger partial charge in [0.05, 0.1) is 19.4 Å². The minimum absolute atomic E-state index is 0.0882. The van der Waals surface area contributed by atoms with Gasteiger partial charge in [-0.1, -0.05) is 37.4 Å². The molecule has 0 bridgehead atoms. The van der Waals surface area contributed by atoms with Gasteiger partial charge < -0.3 is 30.2 Å². The lowest BCUT2D eigenvalue weighted by molar-refractivity contribution is -0.137. The minimum Gasteiger partial charge on any atom is -0.464 e. The molecule has 11 nitrogen and oxygen atoms in total. The second kappa shape index (κ2) is 12.9. The summed E-state index contributed by atoms with van der Waals surface area (Å²) < 4.78 is 14.2. The number of nitrogens with one attached hydrogen (secondary N) is 3. The number of carbonyl (C=O) groups is 4. The monoisotopic (exact) mass is 488 g/mol. The summed E-state index contributed by atoms with van der Waals surface area (Å²) in [5.74, 6) is -2.27. The molecule has 0 aliphatic heterocycles. The molecule has 0 aliphatic rings. The topological polar surface area (TPSA) is 145 Å². The molecule has 0 spiro atoms. The summed E-state index contributed by atoms with van der Waals surface area (Å²) in [6.45, 7) is 7.61. The molecule has 3 N–H and O–H groups in total. The molecule has 180 valence electrons. The van der Waals surface area contributed by atoms with Gasteiger partial charge in [0.1, 0.15) is 23.0 Å². The molecule has 1 aromatic heterocycles. The van der Waals surface area contributed by atoms with Crippen LogP contribution in [0.15, 0.2) is 54.2 Å². The molecule has 0 saturated heterocycles. The fourth-order valence-electron chi connectivity index (χ4n) is 2.36. The third-order valence-electron chi connectivity index (χ3n) is 4.13. The molecule has 3 amide bonds. The van der Waals surface area contributed by atoms with Crippen LogP contribution in [0.4, 0.5) is 4.79 Å². The number of thiazole rings is 1. The normalized spacial score (nSPS) is 10.1. The highest BCUT2D eigenvalue weighted by molar-refractivity contribution is 7.13. The van der Waals surface area contributed by atoms with Gasteiger partial charge in [-0.15, -0.1) is 11.3 Å². The van der Waals surface area contributed by atoms with Crippen LogP contribution < -0.4 is 16.0 Å². The number of ether oxygens (including phenoxy) is 3. The SMILES string of the molecule is C=C(NC(=O)c1csc(-c2ccc(CNC(=O)OCCOC)cc2)n1)C(=O)NC(=C)C(=O)OC. The number of amides is 3. The Morgan fingerprint density at radius 2 is 1.71 bits per heavy atom. The second-order valence-electron chi connectivity index (χ2n) is 6.57. The quantitative estimate of drug-likeness (QED) is 0.246. The molecule has 34 heavy (non-hydrogen) atoms. The maximum Gasteiger partial charge on any atom is 0.407 e. The average molecular weight is 489 g/mol. The number of aromatic nitrogens is 1. The summed E-state index contributed by atoms with van der Waals surface area (Å²) >= 11 is 1.24. The molecule has 0 saturated carbocycles. The fourth-order valence-corrected chi connectivity index (χ4v) is 3.17. The molecule has 0 fully saturated rings. The number of rotatable bonds is 11. The summed E-state index contributed by atoms with van der Waals surface area (Å²) in [7, 11) is 2.66. The Balaban J connectivity index is 1.90. The van der Waals surface area contributed by atoms with Crippen LogP contribution >= 0.6 is 11.3 Å². The lowest BCUT2D eigenvalue weighted by Gasteiger charge is -2.09. The van der Waals surface area contributed by atoms with Gasteiger partial charge in [-0.3, -0.25) is 9.59 Å². The molecule has 0 unspecified atom stereocenters. The first-order valence-corrected chi connectivity index (χ1v) is 10.7. The summed E-state index contributed by atoms with van der Waals surface area (Å²) in [5, 5.41) is 9.24. The second-order valence-corrected chi connectivity index (χ2v) is 7.43. The van der Waals surface area contributed by atoms with Crippen LogP contribution in [0, 0.1) is 0 Å². The Kier molecular flexibility index (Phi) is 9.92. The number of nitrogens with zero attached hydrogens (tertiary/aromatic N) is 1. The highest BCUT2D eigenvalue weighted by Gasteiger charge is 2.18. The van der Waals surface area contributed by atoms with E-state index >= 15 is 0 Å². The van der Waals surface area contributed by atoms with Crippen LogP contribution in [0.1, 0.15) is 16.1 Å². The molecule has 12 heteroatoms. The van der Waals surface area contributed by atoms with Gasteiger partial charge in [0, 0.05) is 24.6 Å². The first-order valence-electron chi connectivity index (χ1n) is 9.78. The smallest absolute Gasteiger partial charge is 0.407 e. The van der Waals surface area contributed by atoms with Crippen LogP contribution in [0.3, 0.4) is 0 Å². The summed E-state index contributed by atoms with van der Waals surface area (Å²) in [6, 6.07) is 7.23. The van der Waals surface area contributed by atoms with Gasteiger partial charge in [-0.25, -0.2) is 14.6 Å². The Bertz CT molecular complexity index is 1080. The first-order chi connectivity index (χ1) is 16.2. The van der Waals surface area contributed by atoms with Crippen molar-refractivity contribution in [2.45, 2.75) is 6.54 Å². The van der Waals surface area contributed by atoms with E-state index in [0.29, 0.717) is 11.6 Å². The van der Waals surface area contributed by atoms with Gasteiger partial charge in [0.2, 0.25) is 0 Å². The summed E-state index contributed by atoms with van der Waals surface area (Å²) in [6.07, 6.45) is -0.540. The van der Waals surface area contributed by atoms with E-state index in [0.717, 1.165) is 18.2 Å². The zero-order valence-electron chi connectivity index (χ0n) is 18.6. The van der Waals surface area contributed by atoms with Crippen molar-refractivity contribution in [2.75, 3.05) is 27.4 Å². The van der Waals surface area contributed by atoms with E-state index in [4.69, 9.17) is 9.47 Å². The number of benzene rings is 1. The van der Waals surface area contributed by atoms with E-state index in [2.05, 4.69) is 38.8 Å². The zero-order valence-corrected chi connectivity index (χ0v) is 19.5. The van der Waals surface area contributed by atoms with Gasteiger partial charge in [0.25, 0.3) is 11.8 Å². The van der Waals surface area contributed by atoms with Crippen molar-refractivity contribution in [3.63, 3.8) is 0 Å². The molecular formula is C22H24N4O7S. The molecule has 1 heterocycles. The highest BCUT2D eigenvalue weighted by Crippen LogP contribution is 2.24. The fraction of sp³-hybridized carbons (Fsp3) is 0.227. The van der Waals surface area contributed by atoms with E-state index < -0.39 is 23.9 Å². The molecular weight excluding hydrogens is 464 g/mol. The number of hydrogen-bond donors (Lipinski definition) is 3. The summed E-state index contributed by atoms with van der Waals surface area (Å²) in [4.78, 5) is 51.6. The molecule has 0 aliphatic carbocycles. The lowest BCUT2D eigenvalue weighted by Crippen LogP contribution is -2.35. The van der Waals surface area contributed by atoms with Gasteiger partial charge in [-0.05, 0) is 5.56 Å².